The van der Waals surface area contributed by atoms with Gasteiger partial charge >= 0.3 is 0 Å². The van der Waals surface area contributed by atoms with E-state index in [1.54, 1.807) is 12.1 Å². The summed E-state index contributed by atoms with van der Waals surface area (Å²) in [5, 5.41) is 12.3. The monoisotopic (exact) mass is 362 g/mol. The van der Waals surface area contributed by atoms with E-state index in [-0.39, 0.29) is 0 Å². The second-order valence-corrected chi connectivity index (χ2v) is 6.32. The Morgan fingerprint density at radius 1 is 1.32 bits per heavy atom. The minimum Gasteiger partial charge on any atom is -0.618 e. The Balaban J connectivity index is 2.30. The Morgan fingerprint density at radius 2 is 2.09 bits per heavy atom. The predicted octanol–water partition coefficient (Wildman–Crippen LogP) is 3.06. The standard InChI is InChI=1S/C16H15BrN2O3/c1-16(2)18-14(11-9-10(17)6-7-12(11)22-16)15-13(21-3)5-4-8-19(15)20/h4-9H,1-3H3. The van der Waals surface area contributed by atoms with Crippen molar-refractivity contribution in [3.8, 4) is 11.5 Å². The Kier molecular flexibility index (Phi) is 3.56. The molecule has 2 heterocycles. The molecule has 0 aliphatic carbocycles. The largest absolute Gasteiger partial charge is 0.618 e. The van der Waals surface area contributed by atoms with E-state index in [1.165, 1.54) is 13.3 Å². The van der Waals surface area contributed by atoms with Gasteiger partial charge in [0.15, 0.2) is 17.7 Å². The molecule has 5 nitrogen and oxygen atoms in total. The van der Waals surface area contributed by atoms with Gasteiger partial charge in [0, 0.05) is 10.5 Å². The van der Waals surface area contributed by atoms with Crippen LogP contribution in [-0.4, -0.2) is 18.5 Å². The van der Waals surface area contributed by atoms with Crippen LogP contribution in [0.4, 0.5) is 0 Å². The molecule has 0 N–H and O–H groups in total. The van der Waals surface area contributed by atoms with E-state index in [0.29, 0.717) is 22.9 Å². The summed E-state index contributed by atoms with van der Waals surface area (Å²) in [5.41, 5.74) is 0.924. The molecule has 1 aliphatic rings. The molecule has 0 bridgehead atoms. The molecule has 3 rings (SSSR count). The third-order valence-corrected chi connectivity index (χ3v) is 3.80. The lowest BCUT2D eigenvalue weighted by molar-refractivity contribution is -0.607. The first kappa shape index (κ1) is 14.8. The van der Waals surface area contributed by atoms with Crippen LogP contribution < -0.4 is 14.2 Å². The smallest absolute Gasteiger partial charge is 0.285 e. The predicted molar refractivity (Wildman–Crippen MR) is 86.4 cm³/mol. The molecule has 1 aromatic heterocycles. The van der Waals surface area contributed by atoms with Crippen molar-refractivity contribution in [2.45, 2.75) is 19.6 Å². The molecule has 0 saturated carbocycles. The molecule has 0 saturated heterocycles. The number of benzene rings is 1. The Morgan fingerprint density at radius 3 is 2.82 bits per heavy atom. The number of aliphatic imine (C=N–C) groups is 1. The van der Waals surface area contributed by atoms with Crippen molar-refractivity contribution in [3.63, 3.8) is 0 Å². The maximum atomic E-state index is 12.3. The van der Waals surface area contributed by atoms with Crippen LogP contribution in [0.2, 0.25) is 0 Å². The highest BCUT2D eigenvalue weighted by Gasteiger charge is 2.34. The van der Waals surface area contributed by atoms with Crippen LogP contribution in [0.1, 0.15) is 25.1 Å². The number of nitrogens with zero attached hydrogens (tertiary/aromatic N) is 2. The Labute approximate surface area is 136 Å². The van der Waals surface area contributed by atoms with Gasteiger partial charge in [-0.15, -0.1) is 0 Å². The second-order valence-electron chi connectivity index (χ2n) is 5.40. The van der Waals surface area contributed by atoms with E-state index in [9.17, 15) is 5.21 Å². The molecule has 0 spiro atoms. The van der Waals surface area contributed by atoms with Gasteiger partial charge in [-0.1, -0.05) is 15.9 Å². The summed E-state index contributed by atoms with van der Waals surface area (Å²) in [7, 11) is 1.53. The first-order valence-electron chi connectivity index (χ1n) is 6.76. The van der Waals surface area contributed by atoms with Crippen LogP contribution in [0.5, 0.6) is 11.5 Å². The summed E-state index contributed by atoms with van der Waals surface area (Å²) >= 11 is 3.45. The van der Waals surface area contributed by atoms with E-state index in [1.807, 2.05) is 32.0 Å². The van der Waals surface area contributed by atoms with Gasteiger partial charge in [-0.2, -0.15) is 4.73 Å². The van der Waals surface area contributed by atoms with E-state index < -0.39 is 5.72 Å². The molecule has 0 atom stereocenters. The quantitative estimate of drug-likeness (QED) is 0.609. The third-order valence-electron chi connectivity index (χ3n) is 3.30. The molecule has 0 amide bonds. The number of hydrogen-bond donors (Lipinski definition) is 0. The number of rotatable bonds is 2. The maximum Gasteiger partial charge on any atom is 0.285 e. The molecule has 1 aromatic carbocycles. The first-order chi connectivity index (χ1) is 10.4. The highest BCUT2D eigenvalue weighted by atomic mass is 79.9. The summed E-state index contributed by atoms with van der Waals surface area (Å²) in [4.78, 5) is 4.61. The highest BCUT2D eigenvalue weighted by molar-refractivity contribution is 9.10. The molecule has 2 aromatic rings. The van der Waals surface area contributed by atoms with Crippen LogP contribution in [0.3, 0.4) is 0 Å². The van der Waals surface area contributed by atoms with Crippen LogP contribution in [-0.2, 0) is 0 Å². The summed E-state index contributed by atoms with van der Waals surface area (Å²) < 4.78 is 12.9. The SMILES string of the molecule is COc1ccc[n+]([O-])c1C1=NC(C)(C)Oc2ccc(Br)cc21. The zero-order valence-electron chi connectivity index (χ0n) is 12.5. The zero-order valence-corrected chi connectivity index (χ0v) is 14.0. The lowest BCUT2D eigenvalue weighted by Crippen LogP contribution is -2.39. The molecule has 0 unspecified atom stereocenters. The van der Waals surface area contributed by atoms with E-state index in [4.69, 9.17) is 9.47 Å². The second kappa shape index (κ2) is 5.28. The van der Waals surface area contributed by atoms with Crippen molar-refractivity contribution in [2.24, 2.45) is 4.99 Å². The van der Waals surface area contributed by atoms with Gasteiger partial charge in [-0.05, 0) is 38.1 Å². The summed E-state index contributed by atoms with van der Waals surface area (Å²) in [6.45, 7) is 3.70. The van der Waals surface area contributed by atoms with Crippen molar-refractivity contribution in [1.29, 1.82) is 0 Å². The van der Waals surface area contributed by atoms with E-state index >= 15 is 0 Å². The molecule has 0 radical (unpaired) electrons. The number of ether oxygens (including phenoxy) is 2. The Bertz CT molecular complexity index is 772. The minimum atomic E-state index is -0.760. The summed E-state index contributed by atoms with van der Waals surface area (Å²) in [6, 6.07) is 9.02. The number of pyridine rings is 1. The fourth-order valence-electron chi connectivity index (χ4n) is 2.43. The number of halogens is 1. The molecule has 22 heavy (non-hydrogen) atoms. The molecular formula is C16H15BrN2O3. The zero-order chi connectivity index (χ0) is 15.9. The Hall–Kier alpha value is -2.08. The van der Waals surface area contributed by atoms with Crippen LogP contribution in [0.25, 0.3) is 0 Å². The van der Waals surface area contributed by atoms with Crippen LogP contribution >= 0.6 is 15.9 Å². The van der Waals surface area contributed by atoms with Gasteiger partial charge in [0.05, 0.1) is 12.7 Å². The highest BCUT2D eigenvalue weighted by Crippen LogP contribution is 2.35. The molecule has 114 valence electrons. The minimum absolute atomic E-state index is 0.376. The van der Waals surface area contributed by atoms with E-state index in [0.717, 1.165) is 14.8 Å². The molecule has 6 heteroatoms. The normalized spacial score (nSPS) is 15.5. The van der Waals surface area contributed by atoms with Crippen molar-refractivity contribution in [3.05, 3.63) is 57.5 Å². The fraction of sp³-hybridized carbons (Fsp3) is 0.250. The summed E-state index contributed by atoms with van der Waals surface area (Å²) in [5.74, 6) is 1.16. The average Bonchev–Trinajstić information content (AvgIpc) is 2.46. The number of methoxy groups -OCH3 is 1. The first-order valence-corrected chi connectivity index (χ1v) is 7.56. The summed E-state index contributed by atoms with van der Waals surface area (Å²) in [6.07, 6.45) is 1.43. The van der Waals surface area contributed by atoms with E-state index in [2.05, 4.69) is 20.9 Å². The van der Waals surface area contributed by atoms with Crippen LogP contribution in [0.15, 0.2) is 46.0 Å². The van der Waals surface area contributed by atoms with Gasteiger partial charge in [0.1, 0.15) is 11.5 Å². The van der Waals surface area contributed by atoms with Crippen molar-refractivity contribution in [2.75, 3.05) is 7.11 Å². The van der Waals surface area contributed by atoms with Gasteiger partial charge in [0.25, 0.3) is 5.69 Å². The van der Waals surface area contributed by atoms with Gasteiger partial charge in [0.2, 0.25) is 0 Å². The number of hydrogen-bond acceptors (Lipinski definition) is 4. The van der Waals surface area contributed by atoms with Gasteiger partial charge in [-0.3, -0.25) is 0 Å². The molecule has 1 aliphatic heterocycles. The maximum absolute atomic E-state index is 12.3. The molecule has 0 fully saturated rings. The topological polar surface area (TPSA) is 57.8 Å². The number of fused-ring (bicyclic) bond motifs is 1. The van der Waals surface area contributed by atoms with Crippen molar-refractivity contribution < 1.29 is 14.2 Å². The van der Waals surface area contributed by atoms with Gasteiger partial charge in [-0.25, -0.2) is 4.99 Å². The van der Waals surface area contributed by atoms with Crippen molar-refractivity contribution in [1.82, 2.24) is 0 Å². The van der Waals surface area contributed by atoms with Crippen LogP contribution in [0, 0.1) is 5.21 Å². The average molecular weight is 363 g/mol. The fourth-order valence-corrected chi connectivity index (χ4v) is 2.80. The van der Waals surface area contributed by atoms with Crippen molar-refractivity contribution >= 4 is 21.6 Å². The lowest BCUT2D eigenvalue weighted by atomic mass is 10.0. The van der Waals surface area contributed by atoms with Gasteiger partial charge < -0.3 is 14.7 Å². The third kappa shape index (κ3) is 2.54. The lowest BCUT2D eigenvalue weighted by Gasteiger charge is -2.29. The molecular weight excluding hydrogens is 348 g/mol. The number of aromatic nitrogens is 1.